The molecule has 1 aliphatic heterocycles. The minimum atomic E-state index is -0.309. The molecule has 2 amide bonds. The van der Waals surface area contributed by atoms with E-state index in [-0.39, 0.29) is 23.8 Å². The Hall–Kier alpha value is -1.72. The molecular formula is C17H18ClNO3S. The first-order valence-electron chi connectivity index (χ1n) is 7.28. The van der Waals surface area contributed by atoms with Gasteiger partial charge >= 0.3 is 0 Å². The van der Waals surface area contributed by atoms with Crippen LogP contribution in [0.25, 0.3) is 6.08 Å². The Kier molecular flexibility index (Phi) is 5.91. The smallest absolute Gasteiger partial charge is 0.293 e. The van der Waals surface area contributed by atoms with E-state index in [2.05, 4.69) is 6.58 Å². The van der Waals surface area contributed by atoms with Gasteiger partial charge < -0.3 is 4.74 Å². The Morgan fingerprint density at radius 3 is 2.78 bits per heavy atom. The molecule has 1 aliphatic rings. The molecule has 2 rings (SSSR count). The third kappa shape index (κ3) is 4.18. The van der Waals surface area contributed by atoms with Gasteiger partial charge in [-0.05, 0) is 48.9 Å². The van der Waals surface area contributed by atoms with E-state index in [1.54, 1.807) is 18.2 Å². The summed E-state index contributed by atoms with van der Waals surface area (Å²) in [4.78, 5) is 25.5. The fraction of sp³-hybridized carbons (Fsp3) is 0.294. The van der Waals surface area contributed by atoms with Crippen molar-refractivity contribution in [3.8, 4) is 5.75 Å². The van der Waals surface area contributed by atoms with Crippen molar-refractivity contribution in [1.29, 1.82) is 0 Å². The summed E-state index contributed by atoms with van der Waals surface area (Å²) in [6.45, 7) is 7.77. The molecule has 6 heteroatoms. The molecule has 122 valence electrons. The number of nitrogens with zero attached hydrogens (tertiary/aromatic N) is 1. The van der Waals surface area contributed by atoms with Crippen molar-refractivity contribution in [2.45, 2.75) is 26.4 Å². The molecule has 0 aliphatic carbocycles. The van der Waals surface area contributed by atoms with Crippen LogP contribution >= 0.6 is 23.4 Å². The van der Waals surface area contributed by atoms with Crippen molar-refractivity contribution < 1.29 is 14.3 Å². The van der Waals surface area contributed by atoms with Gasteiger partial charge in [0.05, 0.1) is 16.0 Å². The number of carbonyl (C=O) groups is 2. The lowest BCUT2D eigenvalue weighted by Gasteiger charge is -2.14. The highest BCUT2D eigenvalue weighted by Gasteiger charge is 2.34. The zero-order valence-corrected chi connectivity index (χ0v) is 14.6. The summed E-state index contributed by atoms with van der Waals surface area (Å²) in [6.07, 6.45) is 4.15. The van der Waals surface area contributed by atoms with E-state index in [4.69, 9.17) is 16.3 Å². The summed E-state index contributed by atoms with van der Waals surface area (Å²) in [5.74, 6) is 0.300. The maximum atomic E-state index is 12.2. The molecule has 0 spiro atoms. The third-order valence-electron chi connectivity index (χ3n) is 3.34. The fourth-order valence-corrected chi connectivity index (χ4v) is 3.02. The van der Waals surface area contributed by atoms with E-state index in [9.17, 15) is 9.59 Å². The van der Waals surface area contributed by atoms with Gasteiger partial charge in [0.25, 0.3) is 11.1 Å². The van der Waals surface area contributed by atoms with Crippen LogP contribution in [0, 0.1) is 0 Å². The van der Waals surface area contributed by atoms with Gasteiger partial charge in [-0.1, -0.05) is 30.7 Å². The monoisotopic (exact) mass is 351 g/mol. The molecule has 0 aromatic heterocycles. The van der Waals surface area contributed by atoms with Crippen molar-refractivity contribution >= 4 is 40.6 Å². The predicted molar refractivity (Wildman–Crippen MR) is 94.7 cm³/mol. The minimum Gasteiger partial charge on any atom is -0.489 e. The lowest BCUT2D eigenvalue weighted by molar-refractivity contribution is -0.122. The standard InChI is InChI=1S/C17H18ClNO3S/c1-4-8-19-16(20)15(23-17(19)21)10-12-6-7-14(13(18)9-12)22-11(3)5-2/h4,6-7,9-11H,1,5,8H2,2-3H3/b15-10+/t11-/m1/s1. The molecule has 23 heavy (non-hydrogen) atoms. The summed E-state index contributed by atoms with van der Waals surface area (Å²) >= 11 is 7.14. The number of rotatable bonds is 6. The lowest BCUT2D eigenvalue weighted by atomic mass is 10.2. The molecule has 0 bridgehead atoms. The molecule has 0 unspecified atom stereocenters. The largest absolute Gasteiger partial charge is 0.489 e. The van der Waals surface area contributed by atoms with Gasteiger partial charge in [-0.3, -0.25) is 14.5 Å². The van der Waals surface area contributed by atoms with Crippen molar-refractivity contribution in [1.82, 2.24) is 4.90 Å². The SMILES string of the molecule is C=CCN1C(=O)S/C(=C/c2ccc(O[C@H](C)CC)c(Cl)c2)C1=O. The maximum Gasteiger partial charge on any atom is 0.293 e. The summed E-state index contributed by atoms with van der Waals surface area (Å²) in [5, 5.41) is 0.188. The number of halogens is 1. The van der Waals surface area contributed by atoms with Crippen molar-refractivity contribution in [3.63, 3.8) is 0 Å². The second kappa shape index (κ2) is 7.70. The first-order chi connectivity index (χ1) is 11.0. The van der Waals surface area contributed by atoms with Crippen LogP contribution in [-0.4, -0.2) is 28.7 Å². The third-order valence-corrected chi connectivity index (χ3v) is 4.54. The normalized spacial score (nSPS) is 17.7. The first kappa shape index (κ1) is 17.6. The van der Waals surface area contributed by atoms with E-state index >= 15 is 0 Å². The van der Waals surface area contributed by atoms with Gasteiger partial charge in [-0.25, -0.2) is 0 Å². The average Bonchev–Trinajstić information content (AvgIpc) is 2.78. The van der Waals surface area contributed by atoms with E-state index in [1.165, 1.54) is 6.08 Å². The van der Waals surface area contributed by atoms with Crippen LogP contribution in [0.4, 0.5) is 4.79 Å². The van der Waals surface area contributed by atoms with Gasteiger partial charge in [0.15, 0.2) is 0 Å². The first-order valence-corrected chi connectivity index (χ1v) is 8.48. The molecule has 0 radical (unpaired) electrons. The average molecular weight is 352 g/mol. The fourth-order valence-electron chi connectivity index (χ4n) is 1.94. The summed E-state index contributed by atoms with van der Waals surface area (Å²) < 4.78 is 5.71. The Labute approximate surface area is 145 Å². The zero-order valence-electron chi connectivity index (χ0n) is 13.0. The Morgan fingerprint density at radius 2 is 2.17 bits per heavy atom. The van der Waals surface area contributed by atoms with Crippen LogP contribution in [0.15, 0.2) is 35.8 Å². The molecule has 0 N–H and O–H groups in total. The highest BCUT2D eigenvalue weighted by Crippen LogP contribution is 2.33. The number of thioether (sulfide) groups is 1. The van der Waals surface area contributed by atoms with Gasteiger partial charge in [-0.2, -0.15) is 0 Å². The van der Waals surface area contributed by atoms with Crippen LogP contribution in [0.3, 0.4) is 0 Å². The molecule has 1 fully saturated rings. The van der Waals surface area contributed by atoms with E-state index in [0.29, 0.717) is 15.7 Å². The maximum absolute atomic E-state index is 12.2. The van der Waals surface area contributed by atoms with Gasteiger partial charge in [0.1, 0.15) is 5.75 Å². The second-order valence-corrected chi connectivity index (χ2v) is 6.51. The summed E-state index contributed by atoms with van der Waals surface area (Å²) in [5.41, 5.74) is 0.746. The van der Waals surface area contributed by atoms with Gasteiger partial charge in [0.2, 0.25) is 0 Å². The van der Waals surface area contributed by atoms with Crippen molar-refractivity contribution in [2.24, 2.45) is 0 Å². The molecule has 0 saturated carbocycles. The van der Waals surface area contributed by atoms with Crippen LogP contribution in [0.5, 0.6) is 5.75 Å². The molecule has 1 atom stereocenters. The van der Waals surface area contributed by atoms with Crippen LogP contribution in [0.1, 0.15) is 25.8 Å². The van der Waals surface area contributed by atoms with Crippen LogP contribution < -0.4 is 4.74 Å². The number of amides is 2. The number of benzene rings is 1. The Bertz CT molecular complexity index is 672. The predicted octanol–water partition coefficient (Wildman–Crippen LogP) is 4.74. The highest BCUT2D eigenvalue weighted by atomic mass is 35.5. The second-order valence-electron chi connectivity index (χ2n) is 5.11. The molecule has 1 aromatic carbocycles. The number of ether oxygens (including phenoxy) is 1. The highest BCUT2D eigenvalue weighted by molar-refractivity contribution is 8.18. The van der Waals surface area contributed by atoms with Crippen molar-refractivity contribution in [3.05, 3.63) is 46.3 Å². The molecule has 4 nitrogen and oxygen atoms in total. The van der Waals surface area contributed by atoms with Gasteiger partial charge in [-0.15, -0.1) is 6.58 Å². The van der Waals surface area contributed by atoms with E-state index in [0.717, 1.165) is 28.6 Å². The Balaban J connectivity index is 2.20. The van der Waals surface area contributed by atoms with E-state index in [1.807, 2.05) is 19.9 Å². The van der Waals surface area contributed by atoms with Crippen molar-refractivity contribution in [2.75, 3.05) is 6.54 Å². The number of imide groups is 1. The molecule has 1 saturated heterocycles. The number of hydrogen-bond donors (Lipinski definition) is 0. The zero-order chi connectivity index (χ0) is 17.0. The number of hydrogen-bond acceptors (Lipinski definition) is 4. The van der Waals surface area contributed by atoms with Gasteiger partial charge in [0, 0.05) is 6.54 Å². The Morgan fingerprint density at radius 1 is 1.43 bits per heavy atom. The number of carbonyl (C=O) groups excluding carboxylic acids is 2. The topological polar surface area (TPSA) is 46.6 Å². The molecule has 1 heterocycles. The van der Waals surface area contributed by atoms with Crippen LogP contribution in [0.2, 0.25) is 5.02 Å². The summed E-state index contributed by atoms with van der Waals surface area (Å²) in [6, 6.07) is 5.31. The molecule has 1 aromatic rings. The lowest BCUT2D eigenvalue weighted by Crippen LogP contribution is -2.27. The quantitative estimate of drug-likeness (QED) is 0.548. The van der Waals surface area contributed by atoms with E-state index < -0.39 is 0 Å². The minimum absolute atomic E-state index is 0.0775. The molecular weight excluding hydrogens is 334 g/mol. The van der Waals surface area contributed by atoms with Crippen LogP contribution in [-0.2, 0) is 4.79 Å². The summed E-state index contributed by atoms with van der Waals surface area (Å²) in [7, 11) is 0.